The molecule has 1 aliphatic heterocycles. The van der Waals surface area contributed by atoms with Crippen molar-refractivity contribution in [2.45, 2.75) is 64.3 Å². The summed E-state index contributed by atoms with van der Waals surface area (Å²) in [5.74, 6) is 1.85. The van der Waals surface area contributed by atoms with Crippen LogP contribution in [0.2, 0.25) is 0 Å². The van der Waals surface area contributed by atoms with Crippen LogP contribution in [0, 0.1) is 11.7 Å². The van der Waals surface area contributed by atoms with E-state index in [-0.39, 0.29) is 5.75 Å². The lowest BCUT2D eigenvalue weighted by Gasteiger charge is -2.34. The van der Waals surface area contributed by atoms with Crippen LogP contribution in [0.5, 0.6) is 5.75 Å². The van der Waals surface area contributed by atoms with Crippen molar-refractivity contribution in [3.05, 3.63) is 24.0 Å². The molecule has 34 heavy (non-hydrogen) atoms. The molecule has 9 heteroatoms. The lowest BCUT2D eigenvalue weighted by molar-refractivity contribution is 0.164. The maximum absolute atomic E-state index is 14.2. The summed E-state index contributed by atoms with van der Waals surface area (Å²) in [6.07, 6.45) is 10.1. The number of hydrogen-bond donors (Lipinski definition) is 3. The van der Waals surface area contributed by atoms with Crippen molar-refractivity contribution in [2.24, 2.45) is 5.92 Å². The Bertz CT molecular complexity index is 922. The largest absolute Gasteiger partial charge is 0.494 e. The Kier molecular flexibility index (Phi) is 8.73. The summed E-state index contributed by atoms with van der Waals surface area (Å²) in [5, 5.41) is 9.98. The second-order valence-corrected chi connectivity index (χ2v) is 9.32. The molecule has 1 aromatic carbocycles. The minimum absolute atomic E-state index is 0.200. The third-order valence-electron chi connectivity index (χ3n) is 6.97. The molecule has 2 fully saturated rings. The summed E-state index contributed by atoms with van der Waals surface area (Å²) in [7, 11) is 1.45. The smallest absolute Gasteiger partial charge is 0.233 e. The molecule has 0 spiro atoms. The van der Waals surface area contributed by atoms with Crippen molar-refractivity contribution in [2.75, 3.05) is 49.2 Å². The fourth-order valence-corrected chi connectivity index (χ4v) is 5.01. The van der Waals surface area contributed by atoms with Gasteiger partial charge in [-0.2, -0.15) is 15.0 Å². The molecule has 2 aromatic rings. The van der Waals surface area contributed by atoms with Crippen LogP contribution in [-0.4, -0.2) is 59.2 Å². The van der Waals surface area contributed by atoms with Crippen molar-refractivity contribution in [3.63, 3.8) is 0 Å². The van der Waals surface area contributed by atoms with Gasteiger partial charge >= 0.3 is 0 Å². The molecule has 1 aromatic heterocycles. The van der Waals surface area contributed by atoms with E-state index in [9.17, 15) is 4.39 Å². The minimum atomic E-state index is -0.437. The van der Waals surface area contributed by atoms with Crippen molar-refractivity contribution in [1.29, 1.82) is 0 Å². The summed E-state index contributed by atoms with van der Waals surface area (Å²) >= 11 is 0. The van der Waals surface area contributed by atoms with Gasteiger partial charge in [-0.1, -0.05) is 32.6 Å². The third-order valence-corrected chi connectivity index (χ3v) is 6.97. The molecule has 2 heterocycles. The van der Waals surface area contributed by atoms with Gasteiger partial charge in [0.1, 0.15) is 0 Å². The summed E-state index contributed by atoms with van der Waals surface area (Å²) in [6, 6.07) is 5.19. The van der Waals surface area contributed by atoms with E-state index in [0.717, 1.165) is 26.2 Å². The van der Waals surface area contributed by atoms with E-state index in [1.165, 1.54) is 64.5 Å². The first-order chi connectivity index (χ1) is 16.6. The molecule has 1 saturated heterocycles. The molecule has 1 saturated carbocycles. The molecular weight excluding hydrogens is 433 g/mol. The van der Waals surface area contributed by atoms with E-state index in [1.54, 1.807) is 12.1 Å². The molecule has 3 N–H and O–H groups in total. The number of nitrogens with one attached hydrogen (secondary N) is 3. The average Bonchev–Trinajstić information content (AvgIpc) is 2.87. The fraction of sp³-hybridized carbons (Fsp3) is 0.640. The van der Waals surface area contributed by atoms with Gasteiger partial charge in [0.15, 0.2) is 11.6 Å². The third kappa shape index (κ3) is 6.68. The molecule has 1 atom stereocenters. The number of aromatic nitrogens is 3. The van der Waals surface area contributed by atoms with E-state index < -0.39 is 5.82 Å². The number of likely N-dealkylation sites (tertiary alicyclic amines) is 1. The first-order valence-electron chi connectivity index (χ1n) is 12.7. The summed E-state index contributed by atoms with van der Waals surface area (Å²) in [5.41, 5.74) is 0.554. The number of piperidine rings is 1. The average molecular weight is 472 g/mol. The molecule has 0 radical (unpaired) electrons. The van der Waals surface area contributed by atoms with Crippen LogP contribution in [0.15, 0.2) is 18.2 Å². The standard InChI is InChI=1S/C25H38FN7O/c1-3-33-14-8-7-11-20(33)17-28-24-30-23(27-16-18-9-5-4-6-10-18)31-25(32-24)29-19-12-13-22(34-2)21(26)15-19/h12-13,15,18,20H,3-11,14,16-17H2,1-2H3,(H3,27,28,29,30,31,32). The molecule has 2 aliphatic rings. The number of nitrogens with zero attached hydrogens (tertiary/aromatic N) is 4. The summed E-state index contributed by atoms with van der Waals surface area (Å²) in [6.45, 7) is 6.05. The zero-order valence-electron chi connectivity index (χ0n) is 20.4. The quantitative estimate of drug-likeness (QED) is 0.444. The van der Waals surface area contributed by atoms with Crippen LogP contribution in [0.4, 0.5) is 27.9 Å². The van der Waals surface area contributed by atoms with Crippen LogP contribution in [-0.2, 0) is 0 Å². The zero-order valence-corrected chi connectivity index (χ0v) is 20.4. The van der Waals surface area contributed by atoms with Gasteiger partial charge < -0.3 is 20.7 Å². The topological polar surface area (TPSA) is 87.2 Å². The maximum Gasteiger partial charge on any atom is 0.233 e. The van der Waals surface area contributed by atoms with Gasteiger partial charge in [-0.05, 0) is 56.8 Å². The highest BCUT2D eigenvalue weighted by Gasteiger charge is 2.21. The van der Waals surface area contributed by atoms with Crippen LogP contribution in [0.3, 0.4) is 0 Å². The Morgan fingerprint density at radius 3 is 2.35 bits per heavy atom. The first-order valence-corrected chi connectivity index (χ1v) is 12.7. The molecule has 1 unspecified atom stereocenters. The molecule has 8 nitrogen and oxygen atoms in total. The molecule has 186 valence electrons. The Morgan fingerprint density at radius 2 is 1.65 bits per heavy atom. The maximum atomic E-state index is 14.2. The van der Waals surface area contributed by atoms with Gasteiger partial charge in [0.05, 0.1) is 7.11 Å². The van der Waals surface area contributed by atoms with Gasteiger partial charge in [-0.3, -0.25) is 4.90 Å². The molecule has 0 amide bonds. The van der Waals surface area contributed by atoms with E-state index in [2.05, 4.69) is 42.7 Å². The van der Waals surface area contributed by atoms with Gasteiger partial charge in [-0.25, -0.2) is 4.39 Å². The van der Waals surface area contributed by atoms with Crippen LogP contribution >= 0.6 is 0 Å². The molecule has 4 rings (SSSR count). The Labute approximate surface area is 202 Å². The number of hydrogen-bond acceptors (Lipinski definition) is 8. The normalized spacial score (nSPS) is 19.6. The first kappa shape index (κ1) is 24.4. The predicted octanol–water partition coefficient (Wildman–Crippen LogP) is 5.04. The lowest BCUT2D eigenvalue weighted by Crippen LogP contribution is -2.43. The van der Waals surface area contributed by atoms with Crippen molar-refractivity contribution >= 4 is 23.5 Å². The van der Waals surface area contributed by atoms with E-state index in [0.29, 0.717) is 35.5 Å². The van der Waals surface area contributed by atoms with Crippen molar-refractivity contribution in [3.8, 4) is 5.75 Å². The number of halogens is 1. The molecule has 1 aliphatic carbocycles. The highest BCUT2D eigenvalue weighted by molar-refractivity contribution is 5.57. The SMILES string of the molecule is CCN1CCCCC1CNc1nc(NCC2CCCCC2)nc(Nc2ccc(OC)c(F)c2)n1. The highest BCUT2D eigenvalue weighted by Crippen LogP contribution is 2.25. The van der Waals surface area contributed by atoms with Gasteiger partial charge in [-0.15, -0.1) is 0 Å². The number of rotatable bonds is 10. The minimum Gasteiger partial charge on any atom is -0.494 e. The molecule has 0 bridgehead atoms. The fourth-order valence-electron chi connectivity index (χ4n) is 5.01. The van der Waals surface area contributed by atoms with E-state index in [1.807, 2.05) is 0 Å². The number of benzene rings is 1. The second kappa shape index (κ2) is 12.1. The highest BCUT2D eigenvalue weighted by atomic mass is 19.1. The number of ether oxygens (including phenoxy) is 1. The number of anilines is 4. The van der Waals surface area contributed by atoms with Crippen molar-refractivity contribution < 1.29 is 9.13 Å². The Morgan fingerprint density at radius 1 is 0.941 bits per heavy atom. The van der Waals surface area contributed by atoms with Gasteiger partial charge in [0.2, 0.25) is 17.8 Å². The summed E-state index contributed by atoms with van der Waals surface area (Å²) in [4.78, 5) is 16.3. The zero-order chi connectivity index (χ0) is 23.8. The van der Waals surface area contributed by atoms with E-state index in [4.69, 9.17) is 4.74 Å². The van der Waals surface area contributed by atoms with Gasteiger partial charge in [0.25, 0.3) is 0 Å². The second-order valence-electron chi connectivity index (χ2n) is 9.32. The lowest BCUT2D eigenvalue weighted by atomic mass is 9.89. The van der Waals surface area contributed by atoms with Crippen LogP contribution in [0.1, 0.15) is 58.3 Å². The monoisotopic (exact) mass is 471 g/mol. The number of likely N-dealkylation sites (N-methyl/N-ethyl adjacent to an activating group) is 1. The Hall–Kier alpha value is -2.68. The summed E-state index contributed by atoms with van der Waals surface area (Å²) < 4.78 is 19.2. The molecular formula is C25H38FN7O. The van der Waals surface area contributed by atoms with Crippen LogP contribution < -0.4 is 20.7 Å². The van der Waals surface area contributed by atoms with Gasteiger partial charge in [0, 0.05) is 30.9 Å². The van der Waals surface area contributed by atoms with Crippen molar-refractivity contribution in [1.82, 2.24) is 19.9 Å². The van der Waals surface area contributed by atoms with Crippen LogP contribution in [0.25, 0.3) is 0 Å². The predicted molar refractivity (Wildman–Crippen MR) is 135 cm³/mol. The Balaban J connectivity index is 1.48. The van der Waals surface area contributed by atoms with E-state index >= 15 is 0 Å². The number of methoxy groups -OCH3 is 1.